The molecule has 1 saturated heterocycles. The number of ether oxygens (including phenoxy) is 3. The van der Waals surface area contributed by atoms with Crippen LogP contribution < -0.4 is 0 Å². The monoisotopic (exact) mass is 262 g/mol. The maximum Gasteiger partial charge on any atom is 0.312 e. The second-order valence-electron chi connectivity index (χ2n) is 4.70. The molecule has 19 heavy (non-hydrogen) atoms. The zero-order valence-corrected chi connectivity index (χ0v) is 10.7. The zero-order valence-electron chi connectivity index (χ0n) is 10.7. The predicted molar refractivity (Wildman–Crippen MR) is 64.0 cm³/mol. The molecule has 2 heterocycles. The van der Waals surface area contributed by atoms with E-state index in [0.29, 0.717) is 0 Å². The lowest BCUT2D eigenvalue weighted by atomic mass is 9.76. The molecular formula is C14H14O5. The molecule has 2 bridgehead atoms. The van der Waals surface area contributed by atoms with Gasteiger partial charge in [-0.05, 0) is 11.1 Å². The highest BCUT2D eigenvalue weighted by Gasteiger charge is 2.59. The smallest absolute Gasteiger partial charge is 0.312 e. The number of carbonyl (C=O) groups is 2. The van der Waals surface area contributed by atoms with Crippen molar-refractivity contribution in [2.45, 2.75) is 12.2 Å². The molecule has 0 radical (unpaired) electrons. The number of methoxy groups -OCH3 is 2. The summed E-state index contributed by atoms with van der Waals surface area (Å²) in [4.78, 5) is 23.9. The van der Waals surface area contributed by atoms with E-state index in [4.69, 9.17) is 14.2 Å². The number of fused-ring (bicyclic) bond motifs is 5. The van der Waals surface area contributed by atoms with Crippen LogP contribution in [0.5, 0.6) is 0 Å². The van der Waals surface area contributed by atoms with Gasteiger partial charge in [0.2, 0.25) is 0 Å². The molecule has 2 aliphatic heterocycles. The molecule has 0 amide bonds. The van der Waals surface area contributed by atoms with Crippen LogP contribution in [0.4, 0.5) is 0 Å². The van der Waals surface area contributed by atoms with Gasteiger partial charge in [0.25, 0.3) is 0 Å². The van der Waals surface area contributed by atoms with Crippen molar-refractivity contribution in [2.24, 2.45) is 11.8 Å². The molecule has 3 rings (SSSR count). The summed E-state index contributed by atoms with van der Waals surface area (Å²) in [7, 11) is 2.63. The molecule has 5 nitrogen and oxygen atoms in total. The van der Waals surface area contributed by atoms with E-state index in [9.17, 15) is 9.59 Å². The van der Waals surface area contributed by atoms with Crippen LogP contribution in [0, 0.1) is 11.8 Å². The lowest BCUT2D eigenvalue weighted by molar-refractivity contribution is -0.157. The van der Waals surface area contributed by atoms with Crippen LogP contribution in [0.3, 0.4) is 0 Å². The van der Waals surface area contributed by atoms with Gasteiger partial charge in [-0.1, -0.05) is 24.3 Å². The Labute approximate surface area is 110 Å². The molecule has 0 N–H and O–H groups in total. The minimum Gasteiger partial charge on any atom is -0.469 e. The van der Waals surface area contributed by atoms with Crippen LogP contribution in [0.15, 0.2) is 24.3 Å². The zero-order chi connectivity index (χ0) is 13.6. The van der Waals surface area contributed by atoms with Gasteiger partial charge >= 0.3 is 11.9 Å². The SMILES string of the molecule is COC(=O)[C@H]1[C@H](C(=O)OC)[C@H]2O[C@@H]1c1ccccc12. The summed E-state index contributed by atoms with van der Waals surface area (Å²) in [6.45, 7) is 0. The Bertz CT molecular complexity index is 491. The van der Waals surface area contributed by atoms with Crippen molar-refractivity contribution in [2.75, 3.05) is 14.2 Å². The normalized spacial score (nSPS) is 30.8. The van der Waals surface area contributed by atoms with Crippen LogP contribution in [-0.4, -0.2) is 26.2 Å². The summed E-state index contributed by atoms with van der Waals surface area (Å²) in [5, 5.41) is 0. The number of benzene rings is 1. The Kier molecular flexibility index (Phi) is 2.78. The molecule has 1 aromatic rings. The number of carbonyl (C=O) groups excluding carboxylic acids is 2. The van der Waals surface area contributed by atoms with Gasteiger partial charge in [0.15, 0.2) is 0 Å². The molecule has 5 heteroatoms. The van der Waals surface area contributed by atoms with Crippen molar-refractivity contribution in [3.63, 3.8) is 0 Å². The molecule has 0 aromatic heterocycles. The van der Waals surface area contributed by atoms with Gasteiger partial charge in [-0.15, -0.1) is 0 Å². The molecule has 1 aromatic carbocycles. The third-order valence-electron chi connectivity index (χ3n) is 3.89. The van der Waals surface area contributed by atoms with Gasteiger partial charge in [-0.3, -0.25) is 9.59 Å². The van der Waals surface area contributed by atoms with Crippen LogP contribution in [0.25, 0.3) is 0 Å². The summed E-state index contributed by atoms with van der Waals surface area (Å²) in [6.07, 6.45) is -0.838. The molecule has 2 aliphatic rings. The van der Waals surface area contributed by atoms with Crippen LogP contribution in [-0.2, 0) is 23.8 Å². The van der Waals surface area contributed by atoms with Gasteiger partial charge in [-0.25, -0.2) is 0 Å². The lowest BCUT2D eigenvalue weighted by Crippen LogP contribution is -2.35. The molecule has 0 spiro atoms. The van der Waals surface area contributed by atoms with Crippen molar-refractivity contribution in [1.29, 1.82) is 0 Å². The quantitative estimate of drug-likeness (QED) is 0.754. The topological polar surface area (TPSA) is 61.8 Å². The van der Waals surface area contributed by atoms with E-state index in [1.165, 1.54) is 14.2 Å². The van der Waals surface area contributed by atoms with E-state index in [-0.39, 0.29) is 0 Å². The third kappa shape index (κ3) is 1.58. The summed E-state index contributed by atoms with van der Waals surface area (Å²) in [5.41, 5.74) is 1.92. The van der Waals surface area contributed by atoms with Gasteiger partial charge in [-0.2, -0.15) is 0 Å². The molecule has 100 valence electrons. The lowest BCUT2D eigenvalue weighted by Gasteiger charge is -2.25. The van der Waals surface area contributed by atoms with E-state index >= 15 is 0 Å². The summed E-state index contributed by atoms with van der Waals surface area (Å²) in [6, 6.07) is 7.63. The minimum absolute atomic E-state index is 0.419. The first-order valence-electron chi connectivity index (χ1n) is 6.09. The molecule has 0 unspecified atom stereocenters. The van der Waals surface area contributed by atoms with E-state index in [1.807, 2.05) is 24.3 Å². The standard InChI is InChI=1S/C14H14O5/c1-17-13(15)9-10(14(16)18-2)12-8-6-4-3-5-7(8)11(9)19-12/h3-6,9-12H,1-2H3/t9-,10-,11-,12+/m0/s1. The van der Waals surface area contributed by atoms with Crippen molar-refractivity contribution in [3.05, 3.63) is 35.4 Å². The minimum atomic E-state index is -0.627. The first-order valence-corrected chi connectivity index (χ1v) is 6.09. The Balaban J connectivity index is 2.06. The van der Waals surface area contributed by atoms with E-state index in [2.05, 4.69) is 0 Å². The van der Waals surface area contributed by atoms with Crippen LogP contribution in [0.2, 0.25) is 0 Å². The first kappa shape index (κ1) is 12.2. The van der Waals surface area contributed by atoms with E-state index in [1.54, 1.807) is 0 Å². The second-order valence-corrected chi connectivity index (χ2v) is 4.70. The fourth-order valence-electron chi connectivity index (χ4n) is 3.08. The maximum atomic E-state index is 11.9. The predicted octanol–water partition coefficient (Wildman–Crippen LogP) is 1.39. The Hall–Kier alpha value is -1.88. The molecule has 1 fully saturated rings. The fraction of sp³-hybridized carbons (Fsp3) is 0.429. The van der Waals surface area contributed by atoms with Gasteiger partial charge < -0.3 is 14.2 Å². The Morgan fingerprint density at radius 2 is 1.37 bits per heavy atom. The van der Waals surface area contributed by atoms with Gasteiger partial charge in [0.05, 0.1) is 26.4 Å². The van der Waals surface area contributed by atoms with Gasteiger partial charge in [0.1, 0.15) is 11.8 Å². The number of rotatable bonds is 2. The molecule has 0 aliphatic carbocycles. The van der Waals surface area contributed by atoms with Crippen molar-refractivity contribution >= 4 is 11.9 Å². The molecular weight excluding hydrogens is 248 g/mol. The average molecular weight is 262 g/mol. The van der Waals surface area contributed by atoms with Crippen molar-refractivity contribution in [1.82, 2.24) is 0 Å². The first-order chi connectivity index (χ1) is 9.19. The summed E-state index contributed by atoms with van der Waals surface area (Å²) >= 11 is 0. The fourth-order valence-corrected chi connectivity index (χ4v) is 3.08. The third-order valence-corrected chi connectivity index (χ3v) is 3.89. The summed E-state index contributed by atoms with van der Waals surface area (Å²) < 4.78 is 15.4. The Morgan fingerprint density at radius 1 is 0.947 bits per heavy atom. The number of hydrogen-bond donors (Lipinski definition) is 0. The largest absolute Gasteiger partial charge is 0.469 e. The summed E-state index contributed by atoms with van der Waals surface area (Å²) in [5.74, 6) is -2.12. The van der Waals surface area contributed by atoms with Crippen molar-refractivity contribution in [3.8, 4) is 0 Å². The van der Waals surface area contributed by atoms with E-state index < -0.39 is 36.0 Å². The second kappa shape index (κ2) is 4.35. The average Bonchev–Trinajstić information content (AvgIpc) is 3.02. The van der Waals surface area contributed by atoms with Crippen LogP contribution in [0.1, 0.15) is 23.3 Å². The maximum absolute atomic E-state index is 11.9. The van der Waals surface area contributed by atoms with E-state index in [0.717, 1.165) is 11.1 Å². The molecule has 0 saturated carbocycles. The van der Waals surface area contributed by atoms with Gasteiger partial charge in [0, 0.05) is 0 Å². The molecule has 4 atom stereocenters. The number of hydrogen-bond acceptors (Lipinski definition) is 5. The van der Waals surface area contributed by atoms with Crippen molar-refractivity contribution < 1.29 is 23.8 Å². The van der Waals surface area contributed by atoms with Crippen LogP contribution >= 0.6 is 0 Å². The Morgan fingerprint density at radius 3 is 1.74 bits per heavy atom. The highest BCUT2D eigenvalue weighted by Crippen LogP contribution is 2.57. The highest BCUT2D eigenvalue weighted by atomic mass is 16.6. The highest BCUT2D eigenvalue weighted by molar-refractivity contribution is 5.85. The number of esters is 2.